The Hall–Kier alpha value is -4.65. The second kappa shape index (κ2) is 8.84. The Morgan fingerprint density at radius 2 is 1.76 bits per heavy atom. The largest absolute Gasteiger partial charge is 0.322 e. The van der Waals surface area contributed by atoms with Crippen LogP contribution in [0.4, 0.5) is 5.69 Å². The van der Waals surface area contributed by atoms with Gasteiger partial charge < -0.3 is 5.32 Å². The molecule has 0 aliphatic heterocycles. The van der Waals surface area contributed by atoms with Crippen LogP contribution >= 0.6 is 0 Å². The van der Waals surface area contributed by atoms with Crippen LogP contribution in [0, 0.1) is 0 Å². The molecule has 3 aromatic heterocycles. The molecule has 0 saturated carbocycles. The number of carbonyl (C=O) groups is 1. The normalized spacial score (nSPS) is 10.8. The predicted octanol–water partition coefficient (Wildman–Crippen LogP) is 4.02. The summed E-state index contributed by atoms with van der Waals surface area (Å²) < 4.78 is 1.54. The fourth-order valence-electron chi connectivity index (χ4n) is 3.63. The number of nitrogens with zero attached hydrogens (tertiary/aromatic N) is 4. The summed E-state index contributed by atoms with van der Waals surface area (Å²) >= 11 is 0. The third-order valence-corrected chi connectivity index (χ3v) is 5.18. The number of fused-ring (bicyclic) bond motifs is 1. The van der Waals surface area contributed by atoms with E-state index in [-0.39, 0.29) is 11.5 Å². The molecule has 0 bridgehead atoms. The van der Waals surface area contributed by atoms with Crippen LogP contribution in [-0.4, -0.2) is 25.4 Å². The fourth-order valence-corrected chi connectivity index (χ4v) is 3.63. The highest BCUT2D eigenvalue weighted by Gasteiger charge is 2.15. The van der Waals surface area contributed by atoms with Crippen molar-refractivity contribution < 1.29 is 4.79 Å². The number of amides is 1. The molecule has 0 aliphatic rings. The fraction of sp³-hybridized carbons (Fsp3) is 0.0385. The van der Waals surface area contributed by atoms with Crippen LogP contribution in [0.25, 0.3) is 16.9 Å². The third kappa shape index (κ3) is 4.24. The number of hydrogen-bond acceptors (Lipinski definition) is 5. The minimum absolute atomic E-state index is 0.249. The first-order chi connectivity index (χ1) is 16.2. The molecule has 0 atom stereocenters. The van der Waals surface area contributed by atoms with E-state index in [1.54, 1.807) is 53.4 Å². The molecule has 1 amide bonds. The van der Waals surface area contributed by atoms with Gasteiger partial charge in [-0.1, -0.05) is 36.4 Å². The Kier molecular flexibility index (Phi) is 5.43. The van der Waals surface area contributed by atoms with Crippen molar-refractivity contribution in [2.24, 2.45) is 0 Å². The van der Waals surface area contributed by atoms with E-state index in [4.69, 9.17) is 0 Å². The van der Waals surface area contributed by atoms with E-state index in [1.807, 2.05) is 42.5 Å². The van der Waals surface area contributed by atoms with E-state index >= 15 is 0 Å². The highest BCUT2D eigenvalue weighted by molar-refractivity contribution is 6.04. The van der Waals surface area contributed by atoms with Crippen molar-refractivity contribution in [2.75, 3.05) is 5.32 Å². The summed E-state index contributed by atoms with van der Waals surface area (Å²) in [4.78, 5) is 39.0. The highest BCUT2D eigenvalue weighted by atomic mass is 16.1. The molecule has 0 spiro atoms. The van der Waals surface area contributed by atoms with Crippen molar-refractivity contribution in [3.63, 3.8) is 0 Å². The second-order valence-corrected chi connectivity index (χ2v) is 7.45. The van der Waals surface area contributed by atoms with Crippen LogP contribution in [0.3, 0.4) is 0 Å². The average molecular weight is 433 g/mol. The van der Waals surface area contributed by atoms with Gasteiger partial charge in [-0.05, 0) is 48.0 Å². The van der Waals surface area contributed by atoms with Gasteiger partial charge in [0.15, 0.2) is 5.65 Å². The number of carbonyl (C=O) groups excluding carboxylic acids is 1. The maximum atomic E-state index is 13.5. The maximum absolute atomic E-state index is 13.5. The number of aromatic nitrogens is 4. The van der Waals surface area contributed by atoms with Crippen molar-refractivity contribution >= 4 is 22.8 Å². The molecule has 7 heteroatoms. The predicted molar refractivity (Wildman–Crippen MR) is 127 cm³/mol. The van der Waals surface area contributed by atoms with Crippen LogP contribution in [0.15, 0.2) is 102 Å². The number of anilines is 1. The lowest BCUT2D eigenvalue weighted by molar-refractivity contribution is 0.102. The van der Waals surface area contributed by atoms with Crippen LogP contribution in [0.1, 0.15) is 21.6 Å². The van der Waals surface area contributed by atoms with Crippen LogP contribution < -0.4 is 10.9 Å². The van der Waals surface area contributed by atoms with Gasteiger partial charge in [0.05, 0.1) is 11.3 Å². The molecule has 160 valence electrons. The van der Waals surface area contributed by atoms with Crippen molar-refractivity contribution in [3.8, 4) is 5.69 Å². The average Bonchev–Trinajstić information content (AvgIpc) is 2.86. The first-order valence-electron chi connectivity index (χ1n) is 10.4. The minimum Gasteiger partial charge on any atom is -0.322 e. The van der Waals surface area contributed by atoms with E-state index in [2.05, 4.69) is 20.3 Å². The zero-order chi connectivity index (χ0) is 22.6. The lowest BCUT2D eigenvalue weighted by atomic mass is 10.1. The third-order valence-electron chi connectivity index (χ3n) is 5.18. The summed E-state index contributed by atoms with van der Waals surface area (Å²) in [6, 6.07) is 23.9. The van der Waals surface area contributed by atoms with E-state index in [1.165, 1.54) is 6.20 Å². The first kappa shape index (κ1) is 20.3. The van der Waals surface area contributed by atoms with E-state index in [0.29, 0.717) is 40.2 Å². The number of rotatable bonds is 5. The van der Waals surface area contributed by atoms with Crippen LogP contribution in [-0.2, 0) is 6.42 Å². The Bertz CT molecular complexity index is 1500. The van der Waals surface area contributed by atoms with Gasteiger partial charge in [-0.15, -0.1) is 0 Å². The van der Waals surface area contributed by atoms with Gasteiger partial charge in [-0.3, -0.25) is 19.1 Å². The Labute approximate surface area is 189 Å². The second-order valence-electron chi connectivity index (χ2n) is 7.45. The zero-order valence-corrected chi connectivity index (χ0v) is 17.6. The summed E-state index contributed by atoms with van der Waals surface area (Å²) in [6.07, 6.45) is 5.14. The van der Waals surface area contributed by atoms with Gasteiger partial charge >= 0.3 is 0 Å². The van der Waals surface area contributed by atoms with Gasteiger partial charge in [0.2, 0.25) is 0 Å². The molecule has 33 heavy (non-hydrogen) atoms. The molecule has 0 unspecified atom stereocenters. The number of benzene rings is 2. The van der Waals surface area contributed by atoms with E-state index in [9.17, 15) is 9.59 Å². The van der Waals surface area contributed by atoms with Crippen LogP contribution in [0.5, 0.6) is 0 Å². The topological polar surface area (TPSA) is 89.8 Å². The van der Waals surface area contributed by atoms with Gasteiger partial charge in [0.25, 0.3) is 11.5 Å². The molecular weight excluding hydrogens is 414 g/mol. The monoisotopic (exact) mass is 433 g/mol. The summed E-state index contributed by atoms with van der Waals surface area (Å²) in [5.74, 6) is -0.282. The molecule has 3 heterocycles. The van der Waals surface area contributed by atoms with Crippen LogP contribution in [0.2, 0.25) is 0 Å². The SMILES string of the molecule is O=C(Nc1cccc(-n2c(=O)c(Cc3ccccc3)nc3cccnc32)c1)c1cccnc1. The molecule has 1 N–H and O–H groups in total. The minimum atomic E-state index is -0.282. The summed E-state index contributed by atoms with van der Waals surface area (Å²) in [5, 5.41) is 2.86. The lowest BCUT2D eigenvalue weighted by Gasteiger charge is -2.13. The van der Waals surface area contributed by atoms with Gasteiger partial charge in [0.1, 0.15) is 11.2 Å². The Morgan fingerprint density at radius 1 is 0.909 bits per heavy atom. The Balaban J connectivity index is 1.58. The molecule has 0 aliphatic carbocycles. The zero-order valence-electron chi connectivity index (χ0n) is 17.6. The number of nitrogens with one attached hydrogen (secondary N) is 1. The molecule has 0 saturated heterocycles. The number of hydrogen-bond donors (Lipinski definition) is 1. The standard InChI is InChI=1S/C26H19N5O2/c32-25(19-9-5-13-27-17-19)29-20-10-4-11-21(16-20)31-24-22(12-6-14-28-24)30-23(26(31)33)15-18-7-2-1-3-8-18/h1-14,16-17H,15H2,(H,29,32). The molecule has 7 nitrogen and oxygen atoms in total. The maximum Gasteiger partial charge on any atom is 0.278 e. The molecule has 0 fully saturated rings. The van der Waals surface area contributed by atoms with Crippen molar-refractivity contribution in [1.82, 2.24) is 19.5 Å². The summed E-state index contributed by atoms with van der Waals surface area (Å²) in [6.45, 7) is 0. The van der Waals surface area contributed by atoms with Gasteiger partial charge in [0, 0.05) is 30.7 Å². The molecule has 5 rings (SSSR count). The van der Waals surface area contributed by atoms with Gasteiger partial charge in [-0.2, -0.15) is 0 Å². The highest BCUT2D eigenvalue weighted by Crippen LogP contribution is 2.19. The van der Waals surface area contributed by atoms with E-state index in [0.717, 1.165) is 5.56 Å². The quantitative estimate of drug-likeness (QED) is 0.452. The van der Waals surface area contributed by atoms with Crippen molar-refractivity contribution in [2.45, 2.75) is 6.42 Å². The smallest absolute Gasteiger partial charge is 0.278 e. The number of pyridine rings is 2. The molecular formula is C26H19N5O2. The van der Waals surface area contributed by atoms with E-state index < -0.39 is 0 Å². The van der Waals surface area contributed by atoms with Crippen molar-refractivity contribution in [1.29, 1.82) is 0 Å². The summed E-state index contributed by atoms with van der Waals surface area (Å²) in [5.41, 5.74) is 3.83. The van der Waals surface area contributed by atoms with Gasteiger partial charge in [-0.25, -0.2) is 9.97 Å². The molecule has 2 aromatic carbocycles. The molecule has 0 radical (unpaired) electrons. The first-order valence-corrected chi connectivity index (χ1v) is 10.4. The molecule has 5 aromatic rings. The van der Waals surface area contributed by atoms with Crippen molar-refractivity contribution in [3.05, 3.63) is 125 Å². The summed E-state index contributed by atoms with van der Waals surface area (Å²) in [7, 11) is 0. The lowest BCUT2D eigenvalue weighted by Crippen LogP contribution is -2.25. The Morgan fingerprint density at radius 3 is 2.58 bits per heavy atom.